The minimum Gasteiger partial charge on any atom is -0.301 e. The van der Waals surface area contributed by atoms with Gasteiger partial charge in [-0.15, -0.1) is 0 Å². The van der Waals surface area contributed by atoms with Crippen LogP contribution >= 0.6 is 0 Å². The van der Waals surface area contributed by atoms with Crippen LogP contribution in [0.1, 0.15) is 40.5 Å². The topological polar surface area (TPSA) is 13.0 Å². The van der Waals surface area contributed by atoms with Crippen LogP contribution in [0.15, 0.2) is 0 Å². The van der Waals surface area contributed by atoms with Crippen molar-refractivity contribution in [3.63, 3.8) is 0 Å². The summed E-state index contributed by atoms with van der Waals surface area (Å²) in [5.41, 5.74) is 0. The van der Waals surface area contributed by atoms with Crippen LogP contribution in [0.25, 0.3) is 0 Å². The fourth-order valence-corrected chi connectivity index (χ4v) is 4.56. The van der Waals surface area contributed by atoms with Crippen LogP contribution in [-0.2, 0) is 0 Å². The molecule has 0 unspecified atom stereocenters. The maximum Gasteiger partial charge on any atom is 0.0351 e. The minimum atomic E-state index is 0.715. The van der Waals surface area contributed by atoms with Crippen molar-refractivity contribution in [3.8, 4) is 0 Å². The van der Waals surface area contributed by atoms with Gasteiger partial charge in [0.2, 0.25) is 0 Å². The SMILES string of the molecule is CC(C)N1CCC(CN2CC(N3CCN(C(C)C)CC3)C2)CC1. The molecule has 0 N–H and O–H groups in total. The monoisotopic (exact) mass is 322 g/mol. The van der Waals surface area contributed by atoms with Gasteiger partial charge in [0.25, 0.3) is 0 Å². The van der Waals surface area contributed by atoms with Gasteiger partial charge in [-0.3, -0.25) is 14.7 Å². The van der Waals surface area contributed by atoms with E-state index in [9.17, 15) is 0 Å². The second-order valence-electron chi connectivity index (χ2n) is 8.61. The van der Waals surface area contributed by atoms with Gasteiger partial charge in [-0.05, 0) is 59.5 Å². The molecule has 4 nitrogen and oxygen atoms in total. The zero-order chi connectivity index (χ0) is 16.4. The largest absolute Gasteiger partial charge is 0.301 e. The van der Waals surface area contributed by atoms with Gasteiger partial charge in [0, 0.05) is 63.9 Å². The van der Waals surface area contributed by atoms with Crippen LogP contribution < -0.4 is 0 Å². The fourth-order valence-electron chi connectivity index (χ4n) is 4.56. The first-order chi connectivity index (χ1) is 11.0. The predicted molar refractivity (Wildman–Crippen MR) is 97.9 cm³/mol. The molecule has 3 saturated heterocycles. The van der Waals surface area contributed by atoms with Crippen molar-refractivity contribution in [2.24, 2.45) is 5.92 Å². The molecule has 0 aromatic carbocycles. The average molecular weight is 323 g/mol. The van der Waals surface area contributed by atoms with Crippen molar-refractivity contribution in [3.05, 3.63) is 0 Å². The van der Waals surface area contributed by atoms with Gasteiger partial charge < -0.3 is 4.90 Å². The van der Waals surface area contributed by atoms with E-state index in [4.69, 9.17) is 0 Å². The minimum absolute atomic E-state index is 0.715. The molecule has 23 heavy (non-hydrogen) atoms. The van der Waals surface area contributed by atoms with Gasteiger partial charge in [0.05, 0.1) is 0 Å². The Morgan fingerprint density at radius 2 is 1.26 bits per heavy atom. The summed E-state index contributed by atoms with van der Waals surface area (Å²) in [5, 5.41) is 0. The first-order valence-corrected chi connectivity index (χ1v) is 9.97. The number of likely N-dealkylation sites (tertiary alicyclic amines) is 2. The molecular formula is C19H38N4. The number of piperazine rings is 1. The lowest BCUT2D eigenvalue weighted by molar-refractivity contribution is -0.0118. The summed E-state index contributed by atoms with van der Waals surface area (Å²) in [6, 6.07) is 2.29. The molecule has 134 valence electrons. The van der Waals surface area contributed by atoms with Crippen LogP contribution in [-0.4, -0.2) is 96.6 Å². The maximum atomic E-state index is 2.75. The van der Waals surface area contributed by atoms with E-state index in [1.165, 1.54) is 71.7 Å². The average Bonchev–Trinajstić information content (AvgIpc) is 2.51. The normalized spacial score (nSPS) is 27.9. The summed E-state index contributed by atoms with van der Waals surface area (Å²) in [7, 11) is 0. The van der Waals surface area contributed by atoms with Gasteiger partial charge in [-0.2, -0.15) is 0 Å². The molecule has 0 aliphatic carbocycles. The van der Waals surface area contributed by atoms with Crippen molar-refractivity contribution < 1.29 is 0 Å². The molecule has 3 fully saturated rings. The Balaban J connectivity index is 1.31. The molecule has 0 radical (unpaired) electrons. The smallest absolute Gasteiger partial charge is 0.0351 e. The highest BCUT2D eigenvalue weighted by atomic mass is 15.4. The Kier molecular flexibility index (Phi) is 6.00. The quantitative estimate of drug-likeness (QED) is 0.765. The van der Waals surface area contributed by atoms with Crippen molar-refractivity contribution in [2.45, 2.75) is 58.7 Å². The zero-order valence-corrected chi connectivity index (χ0v) is 15.9. The summed E-state index contributed by atoms with van der Waals surface area (Å²) in [6.07, 6.45) is 2.82. The molecule has 3 aliphatic heterocycles. The van der Waals surface area contributed by atoms with Crippen LogP contribution in [0, 0.1) is 5.92 Å². The molecular weight excluding hydrogens is 284 g/mol. The summed E-state index contributed by atoms with van der Waals surface area (Å²) in [5.74, 6) is 0.948. The van der Waals surface area contributed by atoms with Crippen LogP contribution in [0.4, 0.5) is 0 Å². The van der Waals surface area contributed by atoms with Crippen molar-refractivity contribution in [1.82, 2.24) is 19.6 Å². The van der Waals surface area contributed by atoms with E-state index in [2.05, 4.69) is 47.3 Å². The summed E-state index contributed by atoms with van der Waals surface area (Å²) in [6.45, 7) is 21.0. The number of piperidine rings is 1. The van der Waals surface area contributed by atoms with Crippen molar-refractivity contribution in [1.29, 1.82) is 0 Å². The van der Waals surface area contributed by atoms with Crippen LogP contribution in [0.2, 0.25) is 0 Å². The maximum absolute atomic E-state index is 2.75. The molecule has 0 amide bonds. The van der Waals surface area contributed by atoms with E-state index in [-0.39, 0.29) is 0 Å². The molecule has 3 aliphatic rings. The van der Waals surface area contributed by atoms with Gasteiger partial charge >= 0.3 is 0 Å². The standard InChI is InChI=1S/C19H38N4/c1-16(2)21-7-5-18(6-8-21)13-20-14-19(15-20)23-11-9-22(10-12-23)17(3)4/h16-19H,5-15H2,1-4H3. The van der Waals surface area contributed by atoms with Gasteiger partial charge in [0.15, 0.2) is 0 Å². The molecule has 4 heteroatoms. The Labute approximate surface area is 143 Å². The molecule has 3 rings (SSSR count). The van der Waals surface area contributed by atoms with Crippen LogP contribution in [0.3, 0.4) is 0 Å². The van der Waals surface area contributed by atoms with E-state index >= 15 is 0 Å². The Bertz CT molecular complexity index is 348. The Morgan fingerprint density at radius 3 is 1.78 bits per heavy atom. The summed E-state index contributed by atoms with van der Waals surface area (Å²) >= 11 is 0. The van der Waals surface area contributed by atoms with Crippen molar-refractivity contribution in [2.75, 3.05) is 58.9 Å². The zero-order valence-electron chi connectivity index (χ0n) is 15.9. The number of hydrogen-bond acceptors (Lipinski definition) is 4. The van der Waals surface area contributed by atoms with E-state index in [1.54, 1.807) is 0 Å². The third-order valence-corrected chi connectivity index (χ3v) is 6.43. The molecule has 0 bridgehead atoms. The summed E-state index contributed by atoms with van der Waals surface area (Å²) in [4.78, 5) is 10.7. The lowest BCUT2D eigenvalue weighted by Crippen LogP contribution is -2.64. The first-order valence-electron chi connectivity index (χ1n) is 9.97. The molecule has 0 aromatic rings. The third kappa shape index (κ3) is 4.47. The molecule has 0 atom stereocenters. The third-order valence-electron chi connectivity index (χ3n) is 6.43. The number of nitrogens with zero attached hydrogens (tertiary/aromatic N) is 4. The van der Waals surface area contributed by atoms with Crippen LogP contribution in [0.5, 0.6) is 0 Å². The lowest BCUT2D eigenvalue weighted by Gasteiger charge is -2.50. The lowest BCUT2D eigenvalue weighted by atomic mass is 9.93. The second kappa shape index (κ2) is 7.81. The highest BCUT2D eigenvalue weighted by molar-refractivity contribution is 4.92. The second-order valence-corrected chi connectivity index (χ2v) is 8.61. The van der Waals surface area contributed by atoms with E-state index < -0.39 is 0 Å². The van der Waals surface area contributed by atoms with E-state index in [1.807, 2.05) is 0 Å². The summed E-state index contributed by atoms with van der Waals surface area (Å²) < 4.78 is 0. The molecule has 0 saturated carbocycles. The highest BCUT2D eigenvalue weighted by Gasteiger charge is 2.35. The molecule has 0 aromatic heterocycles. The fraction of sp³-hybridized carbons (Fsp3) is 1.00. The predicted octanol–water partition coefficient (Wildman–Crippen LogP) is 1.82. The van der Waals surface area contributed by atoms with E-state index in [0.29, 0.717) is 6.04 Å². The molecule has 0 spiro atoms. The van der Waals surface area contributed by atoms with Gasteiger partial charge in [-0.25, -0.2) is 0 Å². The number of rotatable bonds is 5. The first kappa shape index (κ1) is 17.7. The van der Waals surface area contributed by atoms with Gasteiger partial charge in [0.1, 0.15) is 0 Å². The van der Waals surface area contributed by atoms with E-state index in [0.717, 1.165) is 18.0 Å². The Morgan fingerprint density at radius 1 is 0.739 bits per heavy atom. The molecule has 3 heterocycles. The Hall–Kier alpha value is -0.160. The highest BCUT2D eigenvalue weighted by Crippen LogP contribution is 2.24. The number of hydrogen-bond donors (Lipinski definition) is 0. The van der Waals surface area contributed by atoms with Gasteiger partial charge in [-0.1, -0.05) is 0 Å². The van der Waals surface area contributed by atoms with Crippen molar-refractivity contribution >= 4 is 0 Å².